The molecule has 1 aromatic carbocycles. The highest BCUT2D eigenvalue weighted by Gasteiger charge is 2.10. The van der Waals surface area contributed by atoms with Crippen LogP contribution in [0.2, 0.25) is 0 Å². The van der Waals surface area contributed by atoms with Crippen LogP contribution in [0, 0.1) is 0 Å². The lowest BCUT2D eigenvalue weighted by molar-refractivity contribution is -0.608. The molecule has 0 bridgehead atoms. The molecule has 0 N–H and O–H groups in total. The quantitative estimate of drug-likeness (QED) is 0.186. The highest BCUT2D eigenvalue weighted by atomic mass is 15.0. The molecule has 0 spiro atoms. The summed E-state index contributed by atoms with van der Waals surface area (Å²) in [4.78, 5) is 4.50. The molecule has 2 heterocycles. The first-order valence-corrected chi connectivity index (χ1v) is 12.4. The monoisotopic (exact) mass is 415 g/mol. The summed E-state index contributed by atoms with van der Waals surface area (Å²) in [5.41, 5.74) is 2.84. The van der Waals surface area contributed by atoms with Crippen LogP contribution in [0.5, 0.6) is 0 Å². The maximum absolute atomic E-state index is 4.50. The van der Waals surface area contributed by atoms with Gasteiger partial charge in [0.2, 0.25) is 0 Å². The average molecular weight is 416 g/mol. The van der Waals surface area contributed by atoms with Crippen molar-refractivity contribution in [2.45, 2.75) is 83.5 Å². The number of pyridine rings is 2. The van der Waals surface area contributed by atoms with E-state index in [1.807, 2.05) is 12.3 Å². The molecule has 0 fully saturated rings. The molecule has 3 rings (SSSR count). The van der Waals surface area contributed by atoms with Crippen molar-refractivity contribution in [3.8, 4) is 5.82 Å². The molecule has 2 nitrogen and oxygen atoms in total. The summed E-state index contributed by atoms with van der Waals surface area (Å²) in [6.45, 7) is 0. The fraction of sp³-hybridized carbons (Fsp3) is 0.448. The van der Waals surface area contributed by atoms with E-state index < -0.39 is 0 Å². The molecule has 0 atom stereocenters. The van der Waals surface area contributed by atoms with Crippen LogP contribution in [-0.2, 0) is 12.8 Å². The highest BCUT2D eigenvalue weighted by molar-refractivity contribution is 5.14. The Morgan fingerprint density at radius 3 is 1.74 bits per heavy atom. The van der Waals surface area contributed by atoms with Crippen LogP contribution >= 0.6 is 0 Å². The lowest BCUT2D eigenvalue weighted by Gasteiger charge is -2.06. The highest BCUT2D eigenvalue weighted by Crippen LogP contribution is 2.13. The number of hydrogen-bond donors (Lipinski definition) is 0. The zero-order valence-corrected chi connectivity index (χ0v) is 19.1. The van der Waals surface area contributed by atoms with Crippen LogP contribution in [0.15, 0.2) is 79.1 Å². The molecular formula is C29H39N2+. The van der Waals surface area contributed by atoms with E-state index in [4.69, 9.17) is 0 Å². The topological polar surface area (TPSA) is 16.8 Å². The van der Waals surface area contributed by atoms with Gasteiger partial charge in [-0.3, -0.25) is 0 Å². The van der Waals surface area contributed by atoms with Gasteiger partial charge in [-0.25, -0.2) is 4.57 Å². The molecule has 164 valence electrons. The molecule has 2 heteroatoms. The van der Waals surface area contributed by atoms with Crippen molar-refractivity contribution in [2.24, 2.45) is 0 Å². The lowest BCUT2D eigenvalue weighted by Crippen LogP contribution is -2.36. The van der Waals surface area contributed by atoms with Gasteiger partial charge in [-0.2, -0.15) is 0 Å². The van der Waals surface area contributed by atoms with E-state index in [2.05, 4.69) is 76.4 Å². The Morgan fingerprint density at radius 2 is 1.10 bits per heavy atom. The fourth-order valence-electron chi connectivity index (χ4n) is 4.27. The second-order valence-electron chi connectivity index (χ2n) is 8.62. The van der Waals surface area contributed by atoms with Crippen LogP contribution < -0.4 is 4.57 Å². The molecular weight excluding hydrogens is 376 g/mol. The second kappa shape index (κ2) is 14.5. The first-order chi connectivity index (χ1) is 15.4. The van der Waals surface area contributed by atoms with E-state index in [1.165, 1.54) is 88.3 Å². The van der Waals surface area contributed by atoms with E-state index in [-0.39, 0.29) is 0 Å². The average Bonchev–Trinajstić information content (AvgIpc) is 2.83. The van der Waals surface area contributed by atoms with E-state index in [1.54, 1.807) is 0 Å². The van der Waals surface area contributed by atoms with Crippen molar-refractivity contribution < 1.29 is 4.57 Å². The van der Waals surface area contributed by atoms with E-state index in [0.29, 0.717) is 0 Å². The van der Waals surface area contributed by atoms with Gasteiger partial charge in [0.15, 0.2) is 0 Å². The molecule has 0 aliphatic rings. The summed E-state index contributed by atoms with van der Waals surface area (Å²) < 4.78 is 2.22. The lowest BCUT2D eigenvalue weighted by atomic mass is 10.0. The first kappa shape index (κ1) is 23.2. The predicted molar refractivity (Wildman–Crippen MR) is 130 cm³/mol. The number of aryl methyl sites for hydroxylation is 2. The van der Waals surface area contributed by atoms with Crippen molar-refractivity contribution in [1.29, 1.82) is 0 Å². The number of hydrogen-bond acceptors (Lipinski definition) is 1. The standard InChI is InChI=1S/C29H39N2/c1(2-4-6-8-11-19-27-20-12-10-13-21-27)3-5-7-9-14-22-28-23-16-18-26-31(28)29-24-15-17-25-30-29/h10,12-13,15-18,20-21,23-26H,1-9,11,14,19,22H2/q+1. The summed E-state index contributed by atoms with van der Waals surface area (Å²) in [5, 5.41) is 0. The van der Waals surface area contributed by atoms with Gasteiger partial charge in [-0.05, 0) is 48.0 Å². The number of benzene rings is 1. The largest absolute Gasteiger partial charge is 0.327 e. The van der Waals surface area contributed by atoms with Crippen LogP contribution in [0.25, 0.3) is 5.82 Å². The Hall–Kier alpha value is -2.48. The van der Waals surface area contributed by atoms with Crippen molar-refractivity contribution in [3.05, 3.63) is 90.4 Å². The maximum atomic E-state index is 4.50. The van der Waals surface area contributed by atoms with Crippen molar-refractivity contribution >= 4 is 0 Å². The molecule has 0 unspecified atom stereocenters. The smallest absolute Gasteiger partial charge is 0.201 e. The minimum Gasteiger partial charge on any atom is -0.201 e. The van der Waals surface area contributed by atoms with Crippen molar-refractivity contribution in [3.63, 3.8) is 0 Å². The van der Waals surface area contributed by atoms with Gasteiger partial charge in [0.05, 0.1) is 6.20 Å². The van der Waals surface area contributed by atoms with Gasteiger partial charge in [-0.1, -0.05) is 100 Å². The van der Waals surface area contributed by atoms with Crippen molar-refractivity contribution in [1.82, 2.24) is 4.98 Å². The number of unbranched alkanes of at least 4 members (excludes halogenated alkanes) is 10. The van der Waals surface area contributed by atoms with Crippen LogP contribution in [0.1, 0.15) is 81.9 Å². The maximum Gasteiger partial charge on any atom is 0.327 e. The minimum absolute atomic E-state index is 1.01. The first-order valence-electron chi connectivity index (χ1n) is 12.4. The van der Waals surface area contributed by atoms with Gasteiger partial charge < -0.3 is 0 Å². The van der Waals surface area contributed by atoms with Gasteiger partial charge in [0, 0.05) is 12.5 Å². The van der Waals surface area contributed by atoms with Crippen LogP contribution in [0.3, 0.4) is 0 Å². The predicted octanol–water partition coefficient (Wildman–Crippen LogP) is 7.43. The SMILES string of the molecule is c1ccc(CCCCCCCCCCCCCc2cccc[n+]2-c2ccccn2)cc1. The molecule has 0 amide bonds. The molecule has 2 aromatic heterocycles. The zero-order valence-electron chi connectivity index (χ0n) is 19.1. The Balaban J connectivity index is 1.16. The molecule has 0 saturated carbocycles. The van der Waals surface area contributed by atoms with Gasteiger partial charge in [-0.15, -0.1) is 0 Å². The number of nitrogens with zero attached hydrogens (tertiary/aromatic N) is 2. The molecule has 0 saturated heterocycles. The normalized spacial score (nSPS) is 11.0. The Morgan fingerprint density at radius 1 is 0.516 bits per heavy atom. The summed E-state index contributed by atoms with van der Waals surface area (Å²) in [6, 6.07) is 23.4. The molecule has 3 aromatic rings. The minimum atomic E-state index is 1.01. The number of rotatable bonds is 15. The van der Waals surface area contributed by atoms with Crippen LogP contribution in [0.4, 0.5) is 0 Å². The molecule has 0 aliphatic carbocycles. The number of aromatic nitrogens is 2. The van der Waals surface area contributed by atoms with Gasteiger partial charge in [0.1, 0.15) is 11.9 Å². The molecule has 31 heavy (non-hydrogen) atoms. The molecule has 0 radical (unpaired) electrons. The summed E-state index contributed by atoms with van der Waals surface area (Å²) in [7, 11) is 0. The Labute approximate surface area is 189 Å². The van der Waals surface area contributed by atoms with Gasteiger partial charge in [0.25, 0.3) is 0 Å². The summed E-state index contributed by atoms with van der Waals surface area (Å²) >= 11 is 0. The third kappa shape index (κ3) is 9.04. The van der Waals surface area contributed by atoms with E-state index in [9.17, 15) is 0 Å². The fourth-order valence-corrected chi connectivity index (χ4v) is 4.27. The van der Waals surface area contributed by atoms with E-state index in [0.717, 1.165) is 12.2 Å². The summed E-state index contributed by atoms with van der Waals surface area (Å²) in [5.74, 6) is 1.01. The van der Waals surface area contributed by atoms with E-state index >= 15 is 0 Å². The third-order valence-corrected chi connectivity index (χ3v) is 6.08. The molecule has 0 aliphatic heterocycles. The van der Waals surface area contributed by atoms with Crippen molar-refractivity contribution in [2.75, 3.05) is 0 Å². The van der Waals surface area contributed by atoms with Crippen LogP contribution in [-0.4, -0.2) is 4.98 Å². The second-order valence-corrected chi connectivity index (χ2v) is 8.62. The van der Waals surface area contributed by atoms with Gasteiger partial charge >= 0.3 is 5.82 Å². The Bertz CT molecular complexity index is 830. The summed E-state index contributed by atoms with van der Waals surface area (Å²) in [6.07, 6.45) is 21.5. The Kier molecular flexibility index (Phi) is 10.9. The third-order valence-electron chi connectivity index (χ3n) is 6.08. The zero-order chi connectivity index (χ0) is 21.4.